The summed E-state index contributed by atoms with van der Waals surface area (Å²) in [6.45, 7) is 6.66. The van der Waals surface area contributed by atoms with Crippen molar-refractivity contribution in [3.05, 3.63) is 27.9 Å². The summed E-state index contributed by atoms with van der Waals surface area (Å²) in [5.74, 6) is 0.828. The summed E-state index contributed by atoms with van der Waals surface area (Å²) >= 11 is 0. The number of hydrogen-bond donors (Lipinski definition) is 1. The second-order valence-corrected chi connectivity index (χ2v) is 4.52. The van der Waals surface area contributed by atoms with Gasteiger partial charge in [0.1, 0.15) is 12.0 Å². The molecular weight excluding hydrogens is 232 g/mol. The van der Waals surface area contributed by atoms with Crippen molar-refractivity contribution in [2.75, 3.05) is 24.5 Å². The van der Waals surface area contributed by atoms with Crippen LogP contribution in [0.15, 0.2) is 12.3 Å². The summed E-state index contributed by atoms with van der Waals surface area (Å²) < 4.78 is 0. The summed E-state index contributed by atoms with van der Waals surface area (Å²) in [6.07, 6.45) is 2.45. The van der Waals surface area contributed by atoms with E-state index < -0.39 is 0 Å². The molecule has 1 N–H and O–H groups in total. The monoisotopic (exact) mass is 250 g/mol. The number of likely N-dealkylation sites (N-methyl/N-ethyl adjacent to an activating group) is 1. The van der Waals surface area contributed by atoms with Gasteiger partial charge in [-0.3, -0.25) is 10.1 Å². The Morgan fingerprint density at radius 1 is 1.67 bits per heavy atom. The lowest BCUT2D eigenvalue weighted by Gasteiger charge is -2.28. The molecule has 1 aliphatic rings. The van der Waals surface area contributed by atoms with Gasteiger partial charge in [-0.1, -0.05) is 0 Å². The predicted molar refractivity (Wildman–Crippen MR) is 69.9 cm³/mol. The summed E-state index contributed by atoms with van der Waals surface area (Å²) in [5.41, 5.74) is 0.744. The molecule has 0 aliphatic carbocycles. The first-order valence-electron chi connectivity index (χ1n) is 6.22. The van der Waals surface area contributed by atoms with Gasteiger partial charge in [0, 0.05) is 24.7 Å². The average molecular weight is 250 g/mol. The second kappa shape index (κ2) is 5.30. The summed E-state index contributed by atoms with van der Waals surface area (Å²) in [5, 5.41) is 14.1. The van der Waals surface area contributed by atoms with Crippen LogP contribution in [0.4, 0.5) is 11.5 Å². The van der Waals surface area contributed by atoms with Gasteiger partial charge in [-0.25, -0.2) is 4.98 Å². The fourth-order valence-corrected chi connectivity index (χ4v) is 2.39. The van der Waals surface area contributed by atoms with E-state index in [9.17, 15) is 10.1 Å². The third-order valence-electron chi connectivity index (χ3n) is 3.38. The summed E-state index contributed by atoms with van der Waals surface area (Å²) in [4.78, 5) is 16.8. The Balaban J connectivity index is 2.26. The van der Waals surface area contributed by atoms with Gasteiger partial charge in [0.2, 0.25) is 0 Å². The maximum Gasteiger partial charge on any atom is 0.290 e. The van der Waals surface area contributed by atoms with E-state index in [4.69, 9.17) is 0 Å². The molecule has 0 bridgehead atoms. The van der Waals surface area contributed by atoms with E-state index in [0.29, 0.717) is 11.6 Å². The number of aromatic nitrogens is 1. The first-order valence-corrected chi connectivity index (χ1v) is 6.22. The molecule has 0 saturated carbocycles. The van der Waals surface area contributed by atoms with Gasteiger partial charge in [0.15, 0.2) is 0 Å². The van der Waals surface area contributed by atoms with E-state index >= 15 is 0 Å². The largest absolute Gasteiger partial charge is 0.353 e. The number of hydrogen-bond acceptors (Lipinski definition) is 5. The molecule has 0 radical (unpaired) electrons. The lowest BCUT2D eigenvalue weighted by atomic mass is 10.2. The Morgan fingerprint density at radius 2 is 2.44 bits per heavy atom. The van der Waals surface area contributed by atoms with Crippen LogP contribution in [-0.4, -0.2) is 35.6 Å². The van der Waals surface area contributed by atoms with Crippen molar-refractivity contribution in [3.63, 3.8) is 0 Å². The first kappa shape index (κ1) is 12.8. The number of rotatable bonds is 4. The van der Waals surface area contributed by atoms with Crippen LogP contribution in [0.3, 0.4) is 0 Å². The summed E-state index contributed by atoms with van der Waals surface area (Å²) in [6, 6.07) is 2.24. The fourth-order valence-electron chi connectivity index (χ4n) is 2.39. The number of anilines is 1. The Hall–Kier alpha value is -1.69. The lowest BCUT2D eigenvalue weighted by Crippen LogP contribution is -2.37. The third-order valence-corrected chi connectivity index (χ3v) is 3.38. The molecule has 18 heavy (non-hydrogen) atoms. The van der Waals surface area contributed by atoms with E-state index in [2.05, 4.69) is 22.1 Å². The lowest BCUT2D eigenvalue weighted by molar-refractivity contribution is -0.385. The van der Waals surface area contributed by atoms with Crippen molar-refractivity contribution in [2.24, 2.45) is 0 Å². The Bertz CT molecular complexity index is 444. The quantitative estimate of drug-likeness (QED) is 0.647. The van der Waals surface area contributed by atoms with Crippen LogP contribution < -0.4 is 10.2 Å². The molecular formula is C12H18N4O2. The van der Waals surface area contributed by atoms with Crippen LogP contribution in [0.5, 0.6) is 0 Å². The Kier molecular flexibility index (Phi) is 3.76. The molecule has 1 saturated heterocycles. The van der Waals surface area contributed by atoms with Crippen molar-refractivity contribution in [3.8, 4) is 0 Å². The van der Waals surface area contributed by atoms with Crippen molar-refractivity contribution < 1.29 is 4.92 Å². The fraction of sp³-hybridized carbons (Fsp3) is 0.583. The molecule has 1 aromatic rings. The predicted octanol–water partition coefficient (Wildman–Crippen LogP) is 1.49. The molecule has 0 amide bonds. The van der Waals surface area contributed by atoms with Crippen LogP contribution in [0.2, 0.25) is 0 Å². The summed E-state index contributed by atoms with van der Waals surface area (Å²) in [7, 11) is 0. The van der Waals surface area contributed by atoms with Gasteiger partial charge < -0.3 is 10.2 Å². The first-order chi connectivity index (χ1) is 8.63. The minimum absolute atomic E-state index is 0.0827. The SMILES string of the molecule is CCN(c1cc(C)c([N+](=O)[O-])cn1)C1CCNC1. The minimum atomic E-state index is -0.389. The molecule has 1 aliphatic heterocycles. The van der Waals surface area contributed by atoms with Crippen LogP contribution in [-0.2, 0) is 0 Å². The Morgan fingerprint density at radius 3 is 2.94 bits per heavy atom. The van der Waals surface area contributed by atoms with Crippen molar-refractivity contribution in [2.45, 2.75) is 26.3 Å². The maximum absolute atomic E-state index is 10.8. The van der Waals surface area contributed by atoms with Gasteiger partial charge in [-0.2, -0.15) is 0 Å². The topological polar surface area (TPSA) is 71.3 Å². The maximum atomic E-state index is 10.8. The zero-order valence-corrected chi connectivity index (χ0v) is 10.7. The van der Waals surface area contributed by atoms with E-state index in [1.807, 2.05) is 0 Å². The zero-order chi connectivity index (χ0) is 13.1. The molecule has 2 rings (SSSR count). The zero-order valence-electron chi connectivity index (χ0n) is 10.7. The van der Waals surface area contributed by atoms with Gasteiger partial charge in [0.05, 0.1) is 4.92 Å². The molecule has 1 unspecified atom stereocenters. The van der Waals surface area contributed by atoms with Gasteiger partial charge in [-0.05, 0) is 32.9 Å². The smallest absolute Gasteiger partial charge is 0.290 e. The number of nitrogens with zero attached hydrogens (tertiary/aromatic N) is 3. The van der Waals surface area contributed by atoms with Crippen LogP contribution in [0, 0.1) is 17.0 Å². The Labute approximate surface area is 106 Å². The highest BCUT2D eigenvalue weighted by atomic mass is 16.6. The van der Waals surface area contributed by atoms with E-state index in [-0.39, 0.29) is 10.6 Å². The van der Waals surface area contributed by atoms with Crippen molar-refractivity contribution >= 4 is 11.5 Å². The van der Waals surface area contributed by atoms with Gasteiger partial charge in [-0.15, -0.1) is 0 Å². The molecule has 1 aromatic heterocycles. The average Bonchev–Trinajstić information content (AvgIpc) is 2.83. The molecule has 6 heteroatoms. The van der Waals surface area contributed by atoms with Crippen molar-refractivity contribution in [1.82, 2.24) is 10.3 Å². The van der Waals surface area contributed by atoms with Crippen LogP contribution >= 0.6 is 0 Å². The highest BCUT2D eigenvalue weighted by Gasteiger charge is 2.23. The molecule has 6 nitrogen and oxygen atoms in total. The van der Waals surface area contributed by atoms with E-state index in [1.165, 1.54) is 6.20 Å². The number of pyridine rings is 1. The van der Waals surface area contributed by atoms with E-state index in [1.54, 1.807) is 13.0 Å². The highest BCUT2D eigenvalue weighted by molar-refractivity contribution is 5.49. The van der Waals surface area contributed by atoms with Gasteiger partial charge >= 0.3 is 0 Å². The van der Waals surface area contributed by atoms with Crippen LogP contribution in [0.1, 0.15) is 18.9 Å². The standard InChI is InChI=1S/C12H18N4O2/c1-3-15(10-4-5-13-7-10)12-6-9(2)11(8-14-12)16(17)18/h6,8,10,13H,3-5,7H2,1-2H3. The number of aryl methyl sites for hydroxylation is 1. The number of nitro groups is 1. The molecule has 1 atom stereocenters. The highest BCUT2D eigenvalue weighted by Crippen LogP contribution is 2.23. The van der Waals surface area contributed by atoms with Crippen LogP contribution in [0.25, 0.3) is 0 Å². The van der Waals surface area contributed by atoms with Crippen molar-refractivity contribution in [1.29, 1.82) is 0 Å². The van der Waals surface area contributed by atoms with Gasteiger partial charge in [0.25, 0.3) is 5.69 Å². The minimum Gasteiger partial charge on any atom is -0.353 e. The molecule has 0 aromatic carbocycles. The number of nitrogens with one attached hydrogen (secondary N) is 1. The second-order valence-electron chi connectivity index (χ2n) is 4.52. The molecule has 98 valence electrons. The molecule has 2 heterocycles. The normalized spacial score (nSPS) is 18.9. The molecule has 0 spiro atoms. The third kappa shape index (κ3) is 2.43. The molecule has 1 fully saturated rings. The van der Waals surface area contributed by atoms with E-state index in [0.717, 1.165) is 31.9 Å².